The molecule has 0 aliphatic carbocycles. The van der Waals surface area contributed by atoms with Crippen LogP contribution in [0, 0.1) is 6.92 Å². The lowest BCUT2D eigenvalue weighted by atomic mass is 10.1. The SMILES string of the molecule is Cc1csc(NC(=O)[C@@H]2CCC(=O)N2Cc2ccc(OC(F)F)cc2)n1. The largest absolute Gasteiger partial charge is 0.435 e. The molecule has 0 bridgehead atoms. The van der Waals surface area contributed by atoms with Crippen LogP contribution in [0.2, 0.25) is 0 Å². The van der Waals surface area contributed by atoms with Crippen molar-refractivity contribution < 1.29 is 23.1 Å². The summed E-state index contributed by atoms with van der Waals surface area (Å²) in [5.41, 5.74) is 1.54. The fourth-order valence-electron chi connectivity index (χ4n) is 2.78. The van der Waals surface area contributed by atoms with Gasteiger partial charge in [0.2, 0.25) is 11.8 Å². The monoisotopic (exact) mass is 381 g/mol. The van der Waals surface area contributed by atoms with Gasteiger partial charge in [0.05, 0.1) is 5.69 Å². The van der Waals surface area contributed by atoms with Crippen LogP contribution >= 0.6 is 11.3 Å². The highest BCUT2D eigenvalue weighted by Gasteiger charge is 2.36. The highest BCUT2D eigenvalue weighted by molar-refractivity contribution is 7.13. The lowest BCUT2D eigenvalue weighted by Crippen LogP contribution is -2.41. The van der Waals surface area contributed by atoms with E-state index in [1.165, 1.54) is 28.4 Å². The molecule has 1 atom stereocenters. The van der Waals surface area contributed by atoms with Crippen LogP contribution in [-0.4, -0.2) is 34.4 Å². The second kappa shape index (κ2) is 7.77. The molecule has 1 N–H and O–H groups in total. The van der Waals surface area contributed by atoms with Crippen molar-refractivity contribution in [2.75, 3.05) is 5.32 Å². The van der Waals surface area contributed by atoms with Gasteiger partial charge < -0.3 is 15.0 Å². The second-order valence-corrected chi connectivity index (χ2v) is 6.74. The topological polar surface area (TPSA) is 71.5 Å². The zero-order valence-corrected chi connectivity index (χ0v) is 14.8. The van der Waals surface area contributed by atoms with Crippen molar-refractivity contribution in [2.45, 2.75) is 39.0 Å². The molecule has 2 heterocycles. The molecule has 6 nitrogen and oxygen atoms in total. The van der Waals surface area contributed by atoms with Gasteiger partial charge in [-0.15, -0.1) is 11.3 Å². The minimum Gasteiger partial charge on any atom is -0.435 e. The molecule has 1 aliphatic rings. The Bertz CT molecular complexity index is 795. The van der Waals surface area contributed by atoms with Gasteiger partial charge in [-0.3, -0.25) is 9.59 Å². The number of aromatic nitrogens is 1. The zero-order valence-electron chi connectivity index (χ0n) is 13.9. The van der Waals surface area contributed by atoms with Crippen LogP contribution in [0.25, 0.3) is 0 Å². The number of likely N-dealkylation sites (tertiary alicyclic amines) is 1. The number of carbonyl (C=O) groups excluding carboxylic acids is 2. The van der Waals surface area contributed by atoms with Gasteiger partial charge in [0.15, 0.2) is 5.13 Å². The third-order valence-electron chi connectivity index (χ3n) is 3.98. The Morgan fingerprint density at radius 3 is 2.77 bits per heavy atom. The number of alkyl halides is 2. The number of hydrogen-bond acceptors (Lipinski definition) is 5. The van der Waals surface area contributed by atoms with E-state index < -0.39 is 12.7 Å². The molecule has 0 radical (unpaired) electrons. The van der Waals surface area contributed by atoms with Crippen LogP contribution < -0.4 is 10.1 Å². The summed E-state index contributed by atoms with van der Waals surface area (Å²) < 4.78 is 28.7. The summed E-state index contributed by atoms with van der Waals surface area (Å²) in [5, 5.41) is 5.07. The van der Waals surface area contributed by atoms with Gasteiger partial charge in [0, 0.05) is 18.3 Å². The highest BCUT2D eigenvalue weighted by Crippen LogP contribution is 2.25. The molecule has 9 heteroatoms. The maximum absolute atomic E-state index is 12.5. The smallest absolute Gasteiger partial charge is 0.387 e. The number of halogens is 2. The van der Waals surface area contributed by atoms with Crippen molar-refractivity contribution in [3.05, 3.63) is 40.9 Å². The molecule has 1 aromatic carbocycles. The Morgan fingerprint density at radius 1 is 1.42 bits per heavy atom. The molecule has 0 spiro atoms. The minimum absolute atomic E-state index is 0.0462. The first-order chi connectivity index (χ1) is 12.4. The maximum Gasteiger partial charge on any atom is 0.387 e. The van der Waals surface area contributed by atoms with E-state index in [0.717, 1.165) is 11.3 Å². The van der Waals surface area contributed by atoms with Crippen molar-refractivity contribution in [3.63, 3.8) is 0 Å². The summed E-state index contributed by atoms with van der Waals surface area (Å²) in [5.74, 6) is -0.346. The normalized spacial score (nSPS) is 17.0. The van der Waals surface area contributed by atoms with Crippen molar-refractivity contribution >= 4 is 28.3 Å². The number of hydrogen-bond donors (Lipinski definition) is 1. The summed E-state index contributed by atoms with van der Waals surface area (Å²) in [4.78, 5) is 30.4. The Labute approximate surface area is 152 Å². The maximum atomic E-state index is 12.5. The summed E-state index contributed by atoms with van der Waals surface area (Å²) in [7, 11) is 0. The van der Waals surface area contributed by atoms with Gasteiger partial charge >= 0.3 is 6.61 Å². The van der Waals surface area contributed by atoms with Crippen LogP contribution in [0.4, 0.5) is 13.9 Å². The minimum atomic E-state index is -2.89. The average molecular weight is 381 g/mol. The van der Waals surface area contributed by atoms with E-state index in [9.17, 15) is 18.4 Å². The fraction of sp³-hybridized carbons (Fsp3) is 0.353. The number of anilines is 1. The zero-order chi connectivity index (χ0) is 18.7. The molecule has 138 valence electrons. The van der Waals surface area contributed by atoms with Crippen LogP contribution in [0.15, 0.2) is 29.6 Å². The van der Waals surface area contributed by atoms with Gasteiger partial charge in [-0.25, -0.2) is 4.98 Å². The Balaban J connectivity index is 1.66. The molecular formula is C17H17F2N3O3S. The molecule has 1 aromatic heterocycles. The molecule has 26 heavy (non-hydrogen) atoms. The predicted octanol–water partition coefficient (Wildman–Crippen LogP) is 3.18. The van der Waals surface area contributed by atoms with Crippen LogP contribution in [0.5, 0.6) is 5.75 Å². The number of ether oxygens (including phenoxy) is 1. The van der Waals surface area contributed by atoms with Crippen molar-refractivity contribution in [1.82, 2.24) is 9.88 Å². The molecule has 3 rings (SSSR count). The molecule has 1 saturated heterocycles. The highest BCUT2D eigenvalue weighted by atomic mass is 32.1. The average Bonchev–Trinajstić information content (AvgIpc) is 3.15. The molecular weight excluding hydrogens is 364 g/mol. The van der Waals surface area contributed by atoms with E-state index in [2.05, 4.69) is 15.0 Å². The summed E-state index contributed by atoms with van der Waals surface area (Å²) >= 11 is 1.33. The van der Waals surface area contributed by atoms with Gasteiger partial charge in [-0.05, 0) is 31.0 Å². The van der Waals surface area contributed by atoms with Crippen molar-refractivity contribution in [2.24, 2.45) is 0 Å². The lowest BCUT2D eigenvalue weighted by Gasteiger charge is -2.23. The van der Waals surface area contributed by atoms with Gasteiger partial charge in [-0.1, -0.05) is 12.1 Å². The van der Waals surface area contributed by atoms with Crippen molar-refractivity contribution in [1.29, 1.82) is 0 Å². The Hall–Kier alpha value is -2.55. The number of nitrogens with zero attached hydrogens (tertiary/aromatic N) is 2. The number of carbonyl (C=O) groups is 2. The van der Waals surface area contributed by atoms with Crippen LogP contribution in [0.3, 0.4) is 0 Å². The Kier molecular flexibility index (Phi) is 5.46. The lowest BCUT2D eigenvalue weighted by molar-refractivity contribution is -0.133. The number of benzene rings is 1. The quantitative estimate of drug-likeness (QED) is 0.834. The van der Waals surface area contributed by atoms with Crippen LogP contribution in [-0.2, 0) is 16.1 Å². The number of rotatable bonds is 6. The van der Waals surface area contributed by atoms with Crippen molar-refractivity contribution in [3.8, 4) is 5.75 Å². The van der Waals surface area contributed by atoms with Gasteiger partial charge in [0.1, 0.15) is 11.8 Å². The molecule has 0 unspecified atom stereocenters. The van der Waals surface area contributed by atoms with E-state index in [1.54, 1.807) is 12.1 Å². The molecule has 2 aromatic rings. The number of nitrogens with one attached hydrogen (secondary N) is 1. The first-order valence-electron chi connectivity index (χ1n) is 7.98. The summed E-state index contributed by atoms with van der Waals surface area (Å²) in [6.45, 7) is -0.828. The number of amides is 2. The predicted molar refractivity (Wildman–Crippen MR) is 92.1 cm³/mol. The first-order valence-corrected chi connectivity index (χ1v) is 8.86. The van der Waals surface area contributed by atoms with Crippen LogP contribution in [0.1, 0.15) is 24.1 Å². The van der Waals surface area contributed by atoms with Gasteiger partial charge in [-0.2, -0.15) is 8.78 Å². The van der Waals surface area contributed by atoms with E-state index in [4.69, 9.17) is 0 Å². The van der Waals surface area contributed by atoms with Gasteiger partial charge in [0.25, 0.3) is 0 Å². The summed E-state index contributed by atoms with van der Waals surface area (Å²) in [6, 6.07) is 5.44. The van der Waals surface area contributed by atoms with E-state index in [0.29, 0.717) is 18.0 Å². The Morgan fingerprint density at radius 2 is 2.15 bits per heavy atom. The first kappa shape index (κ1) is 18.2. The standard InChI is InChI=1S/C17H17F2N3O3S/c1-10-9-26-17(20-10)21-15(24)13-6-7-14(23)22(13)8-11-2-4-12(5-3-11)25-16(18)19/h2-5,9,13,16H,6-8H2,1H3,(H,20,21,24)/t13-/m0/s1. The molecule has 1 fully saturated rings. The molecule has 0 saturated carbocycles. The third kappa shape index (κ3) is 4.34. The van der Waals surface area contributed by atoms with E-state index >= 15 is 0 Å². The second-order valence-electron chi connectivity index (χ2n) is 5.88. The van der Waals surface area contributed by atoms with E-state index in [1.807, 2.05) is 12.3 Å². The molecule has 1 aliphatic heterocycles. The number of thiazole rings is 1. The third-order valence-corrected chi connectivity index (χ3v) is 4.86. The number of aryl methyl sites for hydroxylation is 1. The summed E-state index contributed by atoms with van der Waals surface area (Å²) in [6.07, 6.45) is 0.725. The molecule has 2 amide bonds. The van der Waals surface area contributed by atoms with E-state index in [-0.39, 0.29) is 24.1 Å². The fourth-order valence-corrected chi connectivity index (χ4v) is 3.47.